The molecule has 0 atom stereocenters. The van der Waals surface area contributed by atoms with E-state index >= 15 is 0 Å². The number of aromatic nitrogens is 3. The van der Waals surface area contributed by atoms with Gasteiger partial charge in [0.15, 0.2) is 5.65 Å². The summed E-state index contributed by atoms with van der Waals surface area (Å²) in [6.45, 7) is 5.34. The number of aryl methyl sites for hydroxylation is 1. The third-order valence-electron chi connectivity index (χ3n) is 3.52. The van der Waals surface area contributed by atoms with Crippen molar-refractivity contribution in [1.29, 1.82) is 0 Å². The molecule has 0 bridgehead atoms. The Labute approximate surface area is 107 Å². The van der Waals surface area contributed by atoms with Crippen LogP contribution in [-0.4, -0.2) is 45.6 Å². The molecule has 5 nitrogen and oxygen atoms in total. The monoisotopic (exact) mass is 245 g/mol. The van der Waals surface area contributed by atoms with E-state index in [-0.39, 0.29) is 0 Å². The van der Waals surface area contributed by atoms with Gasteiger partial charge in [-0.2, -0.15) is 0 Å². The lowest BCUT2D eigenvalue weighted by Crippen LogP contribution is -2.28. The van der Waals surface area contributed by atoms with Crippen LogP contribution in [0.4, 0.5) is 0 Å². The van der Waals surface area contributed by atoms with Gasteiger partial charge in [0.2, 0.25) is 0 Å². The van der Waals surface area contributed by atoms with Gasteiger partial charge in [0, 0.05) is 26.3 Å². The summed E-state index contributed by atoms with van der Waals surface area (Å²) in [7, 11) is 2.05. The van der Waals surface area contributed by atoms with Gasteiger partial charge in [-0.05, 0) is 31.6 Å². The van der Waals surface area contributed by atoms with Gasteiger partial charge in [0.25, 0.3) is 0 Å². The molecule has 1 aliphatic rings. The fourth-order valence-corrected chi connectivity index (χ4v) is 2.47. The van der Waals surface area contributed by atoms with Gasteiger partial charge in [-0.15, -0.1) is 0 Å². The maximum Gasteiger partial charge on any atom is 0.159 e. The van der Waals surface area contributed by atoms with Crippen molar-refractivity contribution in [1.82, 2.24) is 24.8 Å². The van der Waals surface area contributed by atoms with E-state index in [0.717, 1.165) is 49.7 Å². The van der Waals surface area contributed by atoms with E-state index in [2.05, 4.69) is 24.8 Å². The topological polar surface area (TPSA) is 46.0 Å². The summed E-state index contributed by atoms with van der Waals surface area (Å²) in [6.07, 6.45) is 3.03. The standard InChI is InChI=1S/C13H19N5/c1-17-12(10-18-8-3-5-14-7-9-18)16-11-4-2-6-15-13(11)17/h2,4,6,14H,3,5,7-10H2,1H3. The van der Waals surface area contributed by atoms with Gasteiger partial charge in [0.1, 0.15) is 11.3 Å². The summed E-state index contributed by atoms with van der Waals surface area (Å²) >= 11 is 0. The second kappa shape index (κ2) is 5.04. The summed E-state index contributed by atoms with van der Waals surface area (Å²) < 4.78 is 2.10. The van der Waals surface area contributed by atoms with Crippen molar-refractivity contribution in [3.63, 3.8) is 0 Å². The molecule has 1 aliphatic heterocycles. The highest BCUT2D eigenvalue weighted by atomic mass is 15.2. The van der Waals surface area contributed by atoms with Crippen LogP contribution in [0, 0.1) is 0 Å². The van der Waals surface area contributed by atoms with Crippen molar-refractivity contribution in [3.05, 3.63) is 24.2 Å². The molecular weight excluding hydrogens is 226 g/mol. The Hall–Kier alpha value is -1.46. The van der Waals surface area contributed by atoms with Gasteiger partial charge < -0.3 is 9.88 Å². The zero-order chi connectivity index (χ0) is 12.4. The SMILES string of the molecule is Cn1c(CN2CCCNCC2)nc2cccnc21. The van der Waals surface area contributed by atoms with Crippen molar-refractivity contribution >= 4 is 11.2 Å². The van der Waals surface area contributed by atoms with Crippen LogP contribution in [0.25, 0.3) is 11.2 Å². The van der Waals surface area contributed by atoms with Gasteiger partial charge in [0.05, 0.1) is 6.54 Å². The van der Waals surface area contributed by atoms with Crippen LogP contribution in [0.15, 0.2) is 18.3 Å². The third kappa shape index (κ3) is 2.23. The maximum atomic E-state index is 4.68. The van der Waals surface area contributed by atoms with Crippen LogP contribution < -0.4 is 5.32 Å². The number of nitrogens with zero attached hydrogens (tertiary/aromatic N) is 4. The van der Waals surface area contributed by atoms with Crippen molar-refractivity contribution in [2.24, 2.45) is 7.05 Å². The normalized spacial score (nSPS) is 18.1. The molecule has 0 aromatic carbocycles. The van der Waals surface area contributed by atoms with Gasteiger partial charge in [-0.1, -0.05) is 0 Å². The molecule has 18 heavy (non-hydrogen) atoms. The number of nitrogens with one attached hydrogen (secondary N) is 1. The smallest absolute Gasteiger partial charge is 0.159 e. The van der Waals surface area contributed by atoms with Crippen molar-refractivity contribution < 1.29 is 0 Å². The summed E-state index contributed by atoms with van der Waals surface area (Å²) in [5.41, 5.74) is 1.96. The summed E-state index contributed by atoms with van der Waals surface area (Å²) in [6, 6.07) is 3.96. The summed E-state index contributed by atoms with van der Waals surface area (Å²) in [5, 5.41) is 3.42. The Morgan fingerprint density at radius 3 is 3.17 bits per heavy atom. The van der Waals surface area contributed by atoms with E-state index < -0.39 is 0 Å². The molecule has 0 saturated carbocycles. The van der Waals surface area contributed by atoms with Crippen LogP contribution in [0.1, 0.15) is 12.2 Å². The number of fused-ring (bicyclic) bond motifs is 1. The minimum Gasteiger partial charge on any atom is -0.315 e. The Balaban J connectivity index is 1.83. The van der Waals surface area contributed by atoms with E-state index in [9.17, 15) is 0 Å². The second-order valence-corrected chi connectivity index (χ2v) is 4.81. The molecule has 0 spiro atoms. The fraction of sp³-hybridized carbons (Fsp3) is 0.538. The zero-order valence-electron chi connectivity index (χ0n) is 10.8. The summed E-state index contributed by atoms with van der Waals surface area (Å²) in [5.74, 6) is 1.10. The van der Waals surface area contributed by atoms with Crippen molar-refractivity contribution in [2.75, 3.05) is 26.2 Å². The Morgan fingerprint density at radius 1 is 1.33 bits per heavy atom. The highest BCUT2D eigenvalue weighted by molar-refractivity contribution is 5.70. The quantitative estimate of drug-likeness (QED) is 0.848. The van der Waals surface area contributed by atoms with Gasteiger partial charge in [-0.25, -0.2) is 9.97 Å². The first-order chi connectivity index (χ1) is 8.84. The highest BCUT2D eigenvalue weighted by Gasteiger charge is 2.14. The van der Waals surface area contributed by atoms with E-state index in [4.69, 9.17) is 0 Å². The van der Waals surface area contributed by atoms with Crippen molar-refractivity contribution in [3.8, 4) is 0 Å². The first kappa shape index (κ1) is 11.6. The van der Waals surface area contributed by atoms with Crippen LogP contribution in [-0.2, 0) is 13.6 Å². The maximum absolute atomic E-state index is 4.68. The molecular formula is C13H19N5. The lowest BCUT2D eigenvalue weighted by atomic mass is 10.4. The van der Waals surface area contributed by atoms with Crippen LogP contribution in [0.5, 0.6) is 0 Å². The number of hydrogen-bond acceptors (Lipinski definition) is 4. The molecule has 3 rings (SSSR count). The van der Waals surface area contributed by atoms with Crippen LogP contribution in [0.3, 0.4) is 0 Å². The molecule has 0 unspecified atom stereocenters. The first-order valence-electron chi connectivity index (χ1n) is 6.54. The molecule has 3 heterocycles. The lowest BCUT2D eigenvalue weighted by molar-refractivity contribution is 0.275. The zero-order valence-corrected chi connectivity index (χ0v) is 10.8. The molecule has 96 valence electrons. The minimum absolute atomic E-state index is 0.911. The first-order valence-corrected chi connectivity index (χ1v) is 6.54. The number of imidazole rings is 1. The molecule has 5 heteroatoms. The molecule has 0 aliphatic carbocycles. The molecule has 2 aromatic heterocycles. The number of pyridine rings is 1. The van der Waals surface area contributed by atoms with Gasteiger partial charge >= 0.3 is 0 Å². The van der Waals surface area contributed by atoms with Crippen LogP contribution >= 0.6 is 0 Å². The average Bonchev–Trinajstić information content (AvgIpc) is 2.58. The second-order valence-electron chi connectivity index (χ2n) is 4.81. The number of hydrogen-bond donors (Lipinski definition) is 1. The Morgan fingerprint density at radius 2 is 2.28 bits per heavy atom. The van der Waals surface area contributed by atoms with Gasteiger partial charge in [-0.3, -0.25) is 4.90 Å². The van der Waals surface area contributed by atoms with Crippen molar-refractivity contribution in [2.45, 2.75) is 13.0 Å². The fourth-order valence-electron chi connectivity index (χ4n) is 2.47. The van der Waals surface area contributed by atoms with E-state index in [0.29, 0.717) is 0 Å². The minimum atomic E-state index is 0.911. The Kier molecular flexibility index (Phi) is 3.25. The van der Waals surface area contributed by atoms with E-state index in [1.807, 2.05) is 25.4 Å². The predicted octanol–water partition coefficient (Wildman–Crippen LogP) is 0.764. The molecule has 1 saturated heterocycles. The lowest BCUT2D eigenvalue weighted by Gasteiger charge is -2.18. The Bertz CT molecular complexity index is 525. The molecule has 1 N–H and O–H groups in total. The van der Waals surface area contributed by atoms with E-state index in [1.54, 1.807) is 0 Å². The molecule has 0 amide bonds. The third-order valence-corrected chi connectivity index (χ3v) is 3.52. The molecule has 1 fully saturated rings. The highest BCUT2D eigenvalue weighted by Crippen LogP contribution is 2.13. The van der Waals surface area contributed by atoms with E-state index in [1.165, 1.54) is 6.42 Å². The summed E-state index contributed by atoms with van der Waals surface area (Å²) in [4.78, 5) is 11.5. The predicted molar refractivity (Wildman–Crippen MR) is 71.3 cm³/mol. The molecule has 2 aromatic rings. The largest absolute Gasteiger partial charge is 0.315 e. The number of rotatable bonds is 2. The molecule has 0 radical (unpaired) electrons. The van der Waals surface area contributed by atoms with Crippen LogP contribution in [0.2, 0.25) is 0 Å². The average molecular weight is 245 g/mol.